The first-order valence-corrected chi connectivity index (χ1v) is 5.73. The molecule has 2 heteroatoms. The van der Waals surface area contributed by atoms with Crippen molar-refractivity contribution < 1.29 is 0 Å². The number of nitrogens with one attached hydrogen (secondary N) is 2. The average molecular weight is 196 g/mol. The molecule has 82 valence electrons. The normalized spacial score (nSPS) is 18.5. The summed E-state index contributed by atoms with van der Waals surface area (Å²) in [5.74, 6) is 0.830. The van der Waals surface area contributed by atoms with E-state index in [0.717, 1.165) is 25.6 Å². The highest BCUT2D eigenvalue weighted by atomic mass is 14.9. The number of rotatable bonds is 8. The van der Waals surface area contributed by atoms with Crippen LogP contribution in [0.3, 0.4) is 0 Å². The Bertz CT molecular complexity index is 171. The summed E-state index contributed by atoms with van der Waals surface area (Å²) in [6, 6.07) is 0. The van der Waals surface area contributed by atoms with Crippen LogP contribution < -0.4 is 10.6 Å². The molecule has 0 aliphatic heterocycles. The lowest BCUT2D eigenvalue weighted by atomic mass is 9.92. The third-order valence-electron chi connectivity index (χ3n) is 3.36. The van der Waals surface area contributed by atoms with E-state index in [4.69, 9.17) is 0 Å². The maximum atomic E-state index is 3.67. The van der Waals surface area contributed by atoms with Gasteiger partial charge in [0, 0.05) is 26.2 Å². The molecule has 0 aromatic heterocycles. The molecule has 1 saturated carbocycles. The fourth-order valence-electron chi connectivity index (χ4n) is 1.84. The zero-order valence-corrected chi connectivity index (χ0v) is 9.60. The van der Waals surface area contributed by atoms with Gasteiger partial charge in [0.2, 0.25) is 0 Å². The topological polar surface area (TPSA) is 24.1 Å². The summed E-state index contributed by atoms with van der Waals surface area (Å²) in [7, 11) is 0. The average Bonchev–Trinajstić information content (AvgIpc) is 2.92. The molecule has 0 unspecified atom stereocenters. The Kier molecular flexibility index (Phi) is 4.63. The predicted molar refractivity (Wildman–Crippen MR) is 62.4 cm³/mol. The summed E-state index contributed by atoms with van der Waals surface area (Å²) >= 11 is 0. The third kappa shape index (κ3) is 3.43. The van der Waals surface area contributed by atoms with Crippen LogP contribution in [-0.4, -0.2) is 26.2 Å². The molecule has 1 rings (SSSR count). The second kappa shape index (κ2) is 5.52. The molecule has 0 radical (unpaired) electrons. The van der Waals surface area contributed by atoms with Crippen LogP contribution >= 0.6 is 0 Å². The molecule has 0 atom stereocenters. The van der Waals surface area contributed by atoms with Crippen LogP contribution in [0, 0.1) is 11.3 Å². The summed E-state index contributed by atoms with van der Waals surface area (Å²) in [5.41, 5.74) is 0.637. The van der Waals surface area contributed by atoms with Crippen molar-refractivity contribution in [1.82, 2.24) is 10.6 Å². The van der Waals surface area contributed by atoms with Crippen molar-refractivity contribution in [2.24, 2.45) is 11.3 Å². The lowest BCUT2D eigenvalue weighted by Crippen LogP contribution is -2.33. The molecule has 0 heterocycles. The number of hydrogen-bond donors (Lipinski definition) is 2. The first-order valence-electron chi connectivity index (χ1n) is 5.73. The van der Waals surface area contributed by atoms with Gasteiger partial charge in [-0.25, -0.2) is 0 Å². The van der Waals surface area contributed by atoms with E-state index in [1.54, 1.807) is 0 Å². The minimum atomic E-state index is 0.637. The summed E-state index contributed by atoms with van der Waals surface area (Å²) in [4.78, 5) is 0. The van der Waals surface area contributed by atoms with Crippen LogP contribution in [0.2, 0.25) is 0 Å². The van der Waals surface area contributed by atoms with Crippen molar-refractivity contribution in [3.63, 3.8) is 0 Å². The maximum absolute atomic E-state index is 3.67. The molecule has 2 nitrogen and oxygen atoms in total. The first-order chi connectivity index (χ1) is 6.71. The fourth-order valence-corrected chi connectivity index (χ4v) is 1.84. The van der Waals surface area contributed by atoms with E-state index in [9.17, 15) is 0 Å². The quantitative estimate of drug-likeness (QED) is 0.457. The summed E-state index contributed by atoms with van der Waals surface area (Å²) in [6.45, 7) is 12.6. The molecule has 2 N–H and O–H groups in total. The van der Waals surface area contributed by atoms with E-state index in [1.165, 1.54) is 19.4 Å². The van der Waals surface area contributed by atoms with Gasteiger partial charge in [0.25, 0.3) is 0 Å². The highest BCUT2D eigenvalue weighted by molar-refractivity contribution is 4.97. The Hall–Kier alpha value is -0.340. The van der Waals surface area contributed by atoms with Crippen molar-refractivity contribution in [3.8, 4) is 0 Å². The monoisotopic (exact) mass is 196 g/mol. The molecule has 1 aliphatic rings. The van der Waals surface area contributed by atoms with Gasteiger partial charge in [-0.1, -0.05) is 19.9 Å². The van der Waals surface area contributed by atoms with Gasteiger partial charge in [-0.2, -0.15) is 0 Å². The van der Waals surface area contributed by atoms with Crippen LogP contribution in [0.4, 0.5) is 0 Å². The second-order valence-electron chi connectivity index (χ2n) is 4.69. The van der Waals surface area contributed by atoms with Gasteiger partial charge >= 0.3 is 0 Å². The predicted octanol–water partition coefficient (Wildman–Crippen LogP) is 1.79. The molecule has 14 heavy (non-hydrogen) atoms. The Morgan fingerprint density at radius 1 is 1.29 bits per heavy atom. The van der Waals surface area contributed by atoms with Crippen molar-refractivity contribution in [2.45, 2.75) is 26.7 Å². The van der Waals surface area contributed by atoms with E-state index >= 15 is 0 Å². The lowest BCUT2D eigenvalue weighted by Gasteiger charge is -2.20. The van der Waals surface area contributed by atoms with Crippen molar-refractivity contribution >= 4 is 0 Å². The van der Waals surface area contributed by atoms with Crippen LogP contribution in [0.5, 0.6) is 0 Å². The minimum absolute atomic E-state index is 0.637. The first kappa shape index (κ1) is 11.7. The third-order valence-corrected chi connectivity index (χ3v) is 3.36. The molecule has 0 bridgehead atoms. The lowest BCUT2D eigenvalue weighted by molar-refractivity contribution is 0.339. The Morgan fingerprint density at radius 2 is 1.93 bits per heavy atom. The molecule has 0 saturated heterocycles. The van der Waals surface area contributed by atoms with Gasteiger partial charge in [0.15, 0.2) is 0 Å². The van der Waals surface area contributed by atoms with Crippen LogP contribution in [0.15, 0.2) is 12.7 Å². The SMILES string of the molecule is C=CCNCCNCC1(C(C)C)CC1. The molecule has 1 aliphatic carbocycles. The Morgan fingerprint density at radius 3 is 2.43 bits per heavy atom. The molecule has 0 aromatic carbocycles. The smallest absolute Gasteiger partial charge is 0.0132 e. The largest absolute Gasteiger partial charge is 0.315 e. The van der Waals surface area contributed by atoms with Gasteiger partial charge in [0.05, 0.1) is 0 Å². The molecule has 1 fully saturated rings. The van der Waals surface area contributed by atoms with Gasteiger partial charge in [-0.15, -0.1) is 6.58 Å². The molecule has 0 spiro atoms. The standard InChI is InChI=1S/C12H24N2/c1-4-7-13-8-9-14-10-12(5-6-12)11(2)3/h4,11,13-14H,1,5-10H2,2-3H3. The number of hydrogen-bond acceptors (Lipinski definition) is 2. The van der Waals surface area contributed by atoms with Gasteiger partial charge in [-0.3, -0.25) is 0 Å². The molecular formula is C12H24N2. The Labute approximate surface area is 88.2 Å². The molecule has 0 aromatic rings. The summed E-state index contributed by atoms with van der Waals surface area (Å²) < 4.78 is 0. The second-order valence-corrected chi connectivity index (χ2v) is 4.69. The molecular weight excluding hydrogens is 172 g/mol. The van der Waals surface area contributed by atoms with Crippen molar-refractivity contribution in [2.75, 3.05) is 26.2 Å². The molecule has 0 amide bonds. The van der Waals surface area contributed by atoms with E-state index < -0.39 is 0 Å². The van der Waals surface area contributed by atoms with E-state index in [0.29, 0.717) is 5.41 Å². The maximum Gasteiger partial charge on any atom is 0.0132 e. The van der Waals surface area contributed by atoms with Crippen LogP contribution in [-0.2, 0) is 0 Å². The summed E-state index contributed by atoms with van der Waals surface area (Å²) in [6.07, 6.45) is 4.73. The zero-order valence-electron chi connectivity index (χ0n) is 9.60. The van der Waals surface area contributed by atoms with Crippen LogP contribution in [0.1, 0.15) is 26.7 Å². The van der Waals surface area contributed by atoms with Crippen molar-refractivity contribution in [1.29, 1.82) is 0 Å². The van der Waals surface area contributed by atoms with Gasteiger partial charge in [-0.05, 0) is 24.2 Å². The Balaban J connectivity index is 1.96. The van der Waals surface area contributed by atoms with Gasteiger partial charge < -0.3 is 10.6 Å². The van der Waals surface area contributed by atoms with E-state index in [-0.39, 0.29) is 0 Å². The highest BCUT2D eigenvalue weighted by Gasteiger charge is 2.44. The van der Waals surface area contributed by atoms with E-state index in [2.05, 4.69) is 31.1 Å². The minimum Gasteiger partial charge on any atom is -0.315 e. The summed E-state index contributed by atoms with van der Waals surface area (Å²) in [5, 5.41) is 6.82. The van der Waals surface area contributed by atoms with E-state index in [1.807, 2.05) is 6.08 Å². The van der Waals surface area contributed by atoms with Gasteiger partial charge in [0.1, 0.15) is 0 Å². The van der Waals surface area contributed by atoms with Crippen LogP contribution in [0.25, 0.3) is 0 Å². The fraction of sp³-hybridized carbons (Fsp3) is 0.833. The zero-order chi connectivity index (χ0) is 10.4. The highest BCUT2D eigenvalue weighted by Crippen LogP contribution is 2.51. The van der Waals surface area contributed by atoms with Crippen molar-refractivity contribution in [3.05, 3.63) is 12.7 Å².